The SMILES string of the molecule is CCNC(c1cccc(OC(C)C)c1)c1cn[nH]n1. The van der Waals surface area contributed by atoms with Crippen LogP contribution in [0.15, 0.2) is 30.5 Å². The Morgan fingerprint density at radius 2 is 2.21 bits per heavy atom. The van der Waals surface area contributed by atoms with Crippen LogP contribution in [0.1, 0.15) is 38.1 Å². The van der Waals surface area contributed by atoms with Crippen LogP contribution in [0.25, 0.3) is 0 Å². The van der Waals surface area contributed by atoms with E-state index in [1.165, 1.54) is 0 Å². The third-order valence-corrected chi connectivity index (χ3v) is 2.70. The Hall–Kier alpha value is -1.88. The molecular formula is C14H20N4O. The second-order valence-corrected chi connectivity index (χ2v) is 4.62. The highest BCUT2D eigenvalue weighted by molar-refractivity contribution is 5.34. The molecule has 102 valence electrons. The number of nitrogens with zero attached hydrogens (tertiary/aromatic N) is 2. The lowest BCUT2D eigenvalue weighted by molar-refractivity contribution is 0.242. The van der Waals surface area contributed by atoms with Gasteiger partial charge in [0.05, 0.1) is 18.3 Å². The van der Waals surface area contributed by atoms with E-state index in [1.807, 2.05) is 32.0 Å². The Morgan fingerprint density at radius 1 is 1.37 bits per heavy atom. The molecular weight excluding hydrogens is 240 g/mol. The molecule has 0 amide bonds. The fourth-order valence-corrected chi connectivity index (χ4v) is 1.99. The molecule has 2 aromatic rings. The Kier molecular flexibility index (Phi) is 4.52. The van der Waals surface area contributed by atoms with Gasteiger partial charge in [-0.3, -0.25) is 0 Å². The number of benzene rings is 1. The largest absolute Gasteiger partial charge is 0.491 e. The lowest BCUT2D eigenvalue weighted by atomic mass is 10.0. The number of H-pyrrole nitrogens is 1. The minimum atomic E-state index is 0.0273. The molecule has 0 saturated carbocycles. The zero-order chi connectivity index (χ0) is 13.7. The van der Waals surface area contributed by atoms with Gasteiger partial charge in [-0.2, -0.15) is 15.4 Å². The van der Waals surface area contributed by atoms with Crippen molar-refractivity contribution in [2.75, 3.05) is 6.54 Å². The zero-order valence-corrected chi connectivity index (χ0v) is 11.6. The predicted octanol–water partition coefficient (Wildman–Crippen LogP) is 2.29. The number of hydrogen-bond acceptors (Lipinski definition) is 4. The van der Waals surface area contributed by atoms with Crippen molar-refractivity contribution in [3.05, 3.63) is 41.7 Å². The summed E-state index contributed by atoms with van der Waals surface area (Å²) in [5.74, 6) is 0.874. The summed E-state index contributed by atoms with van der Waals surface area (Å²) in [6.07, 6.45) is 1.91. The zero-order valence-electron chi connectivity index (χ0n) is 11.6. The van der Waals surface area contributed by atoms with Gasteiger partial charge < -0.3 is 10.1 Å². The normalized spacial score (nSPS) is 12.6. The topological polar surface area (TPSA) is 62.8 Å². The smallest absolute Gasteiger partial charge is 0.120 e. The maximum atomic E-state index is 5.73. The van der Waals surface area contributed by atoms with Gasteiger partial charge >= 0.3 is 0 Å². The van der Waals surface area contributed by atoms with Crippen molar-refractivity contribution in [1.82, 2.24) is 20.7 Å². The number of aromatic amines is 1. The molecule has 1 heterocycles. The summed E-state index contributed by atoms with van der Waals surface area (Å²) in [5, 5.41) is 14.1. The lowest BCUT2D eigenvalue weighted by Crippen LogP contribution is -2.22. The first kappa shape index (κ1) is 13.5. The summed E-state index contributed by atoms with van der Waals surface area (Å²) < 4.78 is 5.73. The molecule has 0 aliphatic heterocycles. The van der Waals surface area contributed by atoms with Gasteiger partial charge in [-0.1, -0.05) is 19.1 Å². The van der Waals surface area contributed by atoms with Crippen LogP contribution in [0.3, 0.4) is 0 Å². The van der Waals surface area contributed by atoms with Crippen LogP contribution in [-0.2, 0) is 0 Å². The molecule has 0 aliphatic carbocycles. The first-order valence-electron chi connectivity index (χ1n) is 6.56. The Bertz CT molecular complexity index is 496. The van der Waals surface area contributed by atoms with Gasteiger partial charge in [0.15, 0.2) is 0 Å². The van der Waals surface area contributed by atoms with E-state index < -0.39 is 0 Å². The van der Waals surface area contributed by atoms with Crippen LogP contribution in [0.5, 0.6) is 5.75 Å². The van der Waals surface area contributed by atoms with Crippen molar-refractivity contribution in [2.45, 2.75) is 32.9 Å². The number of ether oxygens (including phenoxy) is 1. The van der Waals surface area contributed by atoms with Gasteiger partial charge in [-0.05, 0) is 38.1 Å². The molecule has 1 atom stereocenters. The van der Waals surface area contributed by atoms with Crippen LogP contribution >= 0.6 is 0 Å². The van der Waals surface area contributed by atoms with Gasteiger partial charge in [-0.25, -0.2) is 0 Å². The lowest BCUT2D eigenvalue weighted by Gasteiger charge is -2.17. The molecule has 5 heteroatoms. The Balaban J connectivity index is 2.26. The highest BCUT2D eigenvalue weighted by Gasteiger charge is 2.16. The summed E-state index contributed by atoms with van der Waals surface area (Å²) in [4.78, 5) is 0. The molecule has 1 aromatic carbocycles. The minimum Gasteiger partial charge on any atom is -0.491 e. The Labute approximate surface area is 113 Å². The molecule has 0 bridgehead atoms. The van der Waals surface area contributed by atoms with Crippen molar-refractivity contribution >= 4 is 0 Å². The standard InChI is InChI=1S/C14H20N4O/c1-4-15-14(13-9-16-18-17-13)11-6-5-7-12(8-11)19-10(2)3/h5-10,14-15H,4H2,1-3H3,(H,16,17,18). The minimum absolute atomic E-state index is 0.0273. The molecule has 0 saturated heterocycles. The van der Waals surface area contributed by atoms with Crippen molar-refractivity contribution < 1.29 is 4.74 Å². The van der Waals surface area contributed by atoms with Gasteiger partial charge in [0, 0.05) is 0 Å². The average Bonchev–Trinajstić information content (AvgIpc) is 2.89. The van der Waals surface area contributed by atoms with E-state index in [1.54, 1.807) is 6.20 Å². The number of nitrogens with one attached hydrogen (secondary N) is 2. The van der Waals surface area contributed by atoms with Crippen LogP contribution in [0.2, 0.25) is 0 Å². The second kappa shape index (κ2) is 6.33. The van der Waals surface area contributed by atoms with E-state index in [2.05, 4.69) is 33.7 Å². The van der Waals surface area contributed by atoms with E-state index in [-0.39, 0.29) is 12.1 Å². The predicted molar refractivity (Wildman–Crippen MR) is 74.1 cm³/mol. The van der Waals surface area contributed by atoms with Crippen molar-refractivity contribution in [3.63, 3.8) is 0 Å². The Morgan fingerprint density at radius 3 is 2.84 bits per heavy atom. The van der Waals surface area contributed by atoms with Gasteiger partial charge in [0.25, 0.3) is 0 Å². The first-order valence-corrected chi connectivity index (χ1v) is 6.56. The van der Waals surface area contributed by atoms with Crippen molar-refractivity contribution in [2.24, 2.45) is 0 Å². The first-order chi connectivity index (χ1) is 9.20. The quantitative estimate of drug-likeness (QED) is 0.836. The summed E-state index contributed by atoms with van der Waals surface area (Å²) in [7, 11) is 0. The van der Waals surface area contributed by atoms with Crippen LogP contribution < -0.4 is 10.1 Å². The number of aromatic nitrogens is 3. The van der Waals surface area contributed by atoms with Crippen LogP contribution in [0, 0.1) is 0 Å². The van der Waals surface area contributed by atoms with Gasteiger partial charge in [0.1, 0.15) is 11.4 Å². The van der Waals surface area contributed by atoms with E-state index in [0.717, 1.165) is 23.6 Å². The molecule has 0 aliphatic rings. The van der Waals surface area contributed by atoms with E-state index >= 15 is 0 Å². The molecule has 0 radical (unpaired) electrons. The summed E-state index contributed by atoms with van der Waals surface area (Å²) in [6, 6.07) is 8.10. The molecule has 2 N–H and O–H groups in total. The second-order valence-electron chi connectivity index (χ2n) is 4.62. The van der Waals surface area contributed by atoms with Crippen molar-refractivity contribution in [3.8, 4) is 5.75 Å². The molecule has 1 aromatic heterocycles. The highest BCUT2D eigenvalue weighted by Crippen LogP contribution is 2.24. The summed E-state index contributed by atoms with van der Waals surface area (Å²) in [6.45, 7) is 6.96. The third-order valence-electron chi connectivity index (χ3n) is 2.70. The van der Waals surface area contributed by atoms with E-state index in [9.17, 15) is 0 Å². The highest BCUT2D eigenvalue weighted by atomic mass is 16.5. The third kappa shape index (κ3) is 3.54. The summed E-state index contributed by atoms with van der Waals surface area (Å²) >= 11 is 0. The molecule has 1 unspecified atom stereocenters. The molecule has 0 spiro atoms. The molecule has 5 nitrogen and oxygen atoms in total. The fourth-order valence-electron chi connectivity index (χ4n) is 1.99. The fraction of sp³-hybridized carbons (Fsp3) is 0.429. The average molecular weight is 260 g/mol. The van der Waals surface area contributed by atoms with Crippen LogP contribution in [0.4, 0.5) is 0 Å². The molecule has 19 heavy (non-hydrogen) atoms. The van der Waals surface area contributed by atoms with Gasteiger partial charge in [-0.15, -0.1) is 0 Å². The van der Waals surface area contributed by atoms with E-state index in [0.29, 0.717) is 0 Å². The monoisotopic (exact) mass is 260 g/mol. The number of rotatable bonds is 6. The maximum Gasteiger partial charge on any atom is 0.120 e. The maximum absolute atomic E-state index is 5.73. The number of hydrogen-bond donors (Lipinski definition) is 2. The molecule has 2 rings (SSSR count). The van der Waals surface area contributed by atoms with Crippen LogP contribution in [-0.4, -0.2) is 28.1 Å². The van der Waals surface area contributed by atoms with E-state index in [4.69, 9.17) is 4.74 Å². The summed E-state index contributed by atoms with van der Waals surface area (Å²) in [5.41, 5.74) is 2.00. The molecule has 0 fully saturated rings. The van der Waals surface area contributed by atoms with Gasteiger partial charge in [0.2, 0.25) is 0 Å². The van der Waals surface area contributed by atoms with Crippen molar-refractivity contribution in [1.29, 1.82) is 0 Å².